The van der Waals surface area contributed by atoms with Gasteiger partial charge in [-0.25, -0.2) is 0 Å². The molecule has 3 rings (SSSR count). The van der Waals surface area contributed by atoms with Crippen molar-refractivity contribution in [3.05, 3.63) is 42.0 Å². The quantitative estimate of drug-likeness (QED) is 0.751. The van der Waals surface area contributed by atoms with Crippen molar-refractivity contribution in [1.82, 2.24) is 4.90 Å². The molecule has 0 aliphatic carbocycles. The van der Waals surface area contributed by atoms with Gasteiger partial charge >= 0.3 is 6.18 Å². The molecule has 0 bridgehead atoms. The van der Waals surface area contributed by atoms with Crippen LogP contribution in [0.5, 0.6) is 5.75 Å². The fourth-order valence-electron chi connectivity index (χ4n) is 3.61. The van der Waals surface area contributed by atoms with Crippen LogP contribution < -0.4 is 4.74 Å². The number of methoxy groups -OCH3 is 1. The van der Waals surface area contributed by atoms with Crippen LogP contribution in [0.25, 0.3) is 10.8 Å². The van der Waals surface area contributed by atoms with Crippen LogP contribution in [0, 0.1) is 0 Å². The lowest BCUT2D eigenvalue weighted by Gasteiger charge is -2.40. The van der Waals surface area contributed by atoms with E-state index in [0.717, 1.165) is 30.0 Å². The van der Waals surface area contributed by atoms with Crippen LogP contribution in [0.2, 0.25) is 0 Å². The van der Waals surface area contributed by atoms with Gasteiger partial charge in [0.2, 0.25) is 0 Å². The normalized spacial score (nSPS) is 21.0. The maximum Gasteiger partial charge on any atom is 0.408 e. The second kappa shape index (κ2) is 6.63. The van der Waals surface area contributed by atoms with Crippen molar-refractivity contribution in [2.75, 3.05) is 13.7 Å². The number of rotatable bonds is 3. The second-order valence-electron chi connectivity index (χ2n) is 6.50. The van der Waals surface area contributed by atoms with Gasteiger partial charge in [-0.2, -0.15) is 13.2 Å². The van der Waals surface area contributed by atoms with Gasteiger partial charge in [0.15, 0.2) is 0 Å². The Morgan fingerprint density at radius 1 is 1.08 bits per heavy atom. The van der Waals surface area contributed by atoms with Gasteiger partial charge in [-0.15, -0.1) is 0 Å². The van der Waals surface area contributed by atoms with E-state index in [9.17, 15) is 13.2 Å². The predicted molar refractivity (Wildman–Crippen MR) is 89.3 cm³/mol. The zero-order valence-electron chi connectivity index (χ0n) is 13.9. The first-order chi connectivity index (χ1) is 11.4. The molecular formula is C19H22F3NO. The lowest BCUT2D eigenvalue weighted by Crippen LogP contribution is -2.46. The molecule has 2 aromatic rings. The number of alkyl halides is 3. The molecule has 1 aliphatic heterocycles. The van der Waals surface area contributed by atoms with E-state index in [1.807, 2.05) is 19.1 Å². The molecule has 0 aromatic heterocycles. The number of piperidine rings is 1. The maximum absolute atomic E-state index is 13.8. The molecule has 2 atom stereocenters. The first-order valence-corrected chi connectivity index (χ1v) is 8.30. The Hall–Kier alpha value is -1.75. The van der Waals surface area contributed by atoms with Gasteiger partial charge in [0.05, 0.1) is 7.11 Å². The second-order valence-corrected chi connectivity index (χ2v) is 6.50. The smallest absolute Gasteiger partial charge is 0.408 e. The molecule has 2 aromatic carbocycles. The molecule has 0 radical (unpaired) electrons. The van der Waals surface area contributed by atoms with E-state index < -0.39 is 12.2 Å². The molecule has 2 nitrogen and oxygen atoms in total. The van der Waals surface area contributed by atoms with E-state index in [1.54, 1.807) is 36.3 Å². The fourth-order valence-corrected chi connectivity index (χ4v) is 3.61. The summed E-state index contributed by atoms with van der Waals surface area (Å²) in [5.41, 5.74) is 0.314. The van der Waals surface area contributed by atoms with E-state index in [0.29, 0.717) is 17.9 Å². The van der Waals surface area contributed by atoms with E-state index >= 15 is 0 Å². The van der Waals surface area contributed by atoms with Crippen molar-refractivity contribution in [2.45, 2.75) is 44.4 Å². The number of ether oxygens (including phenoxy) is 1. The summed E-state index contributed by atoms with van der Waals surface area (Å²) in [5.74, 6) is 0.701. The minimum atomic E-state index is -4.29. The molecule has 1 fully saturated rings. The summed E-state index contributed by atoms with van der Waals surface area (Å²) in [6.07, 6.45) is -1.65. The number of fused-ring (bicyclic) bond motifs is 1. The first kappa shape index (κ1) is 17.1. The van der Waals surface area contributed by atoms with Crippen molar-refractivity contribution < 1.29 is 17.9 Å². The summed E-state index contributed by atoms with van der Waals surface area (Å²) >= 11 is 0. The van der Waals surface area contributed by atoms with Crippen LogP contribution in [0.1, 0.15) is 37.8 Å². The third-order valence-corrected chi connectivity index (χ3v) is 4.88. The minimum Gasteiger partial charge on any atom is -0.497 e. The molecule has 0 N–H and O–H groups in total. The number of nitrogens with zero attached hydrogens (tertiary/aromatic N) is 1. The highest BCUT2D eigenvalue weighted by Crippen LogP contribution is 2.41. The molecule has 0 spiro atoms. The highest BCUT2D eigenvalue weighted by molar-refractivity contribution is 5.84. The SMILES string of the molecule is COc1ccc2cc(C(N3CCCCC3C)C(F)(F)F)ccc2c1. The van der Waals surface area contributed by atoms with Crippen molar-refractivity contribution in [2.24, 2.45) is 0 Å². The largest absolute Gasteiger partial charge is 0.497 e. The minimum absolute atomic E-state index is 0.0584. The molecular weight excluding hydrogens is 315 g/mol. The van der Waals surface area contributed by atoms with Crippen LogP contribution >= 0.6 is 0 Å². The van der Waals surface area contributed by atoms with E-state index in [4.69, 9.17) is 4.74 Å². The van der Waals surface area contributed by atoms with Crippen LogP contribution in [0.4, 0.5) is 13.2 Å². The number of likely N-dealkylation sites (tertiary alicyclic amines) is 1. The molecule has 1 heterocycles. The van der Waals surface area contributed by atoms with Crippen LogP contribution in [0.15, 0.2) is 36.4 Å². The Kier molecular flexibility index (Phi) is 4.72. The fraction of sp³-hybridized carbons (Fsp3) is 0.474. The summed E-state index contributed by atoms with van der Waals surface area (Å²) in [7, 11) is 1.58. The Morgan fingerprint density at radius 2 is 1.79 bits per heavy atom. The topological polar surface area (TPSA) is 12.5 Å². The van der Waals surface area contributed by atoms with Crippen molar-refractivity contribution >= 4 is 10.8 Å². The number of hydrogen-bond donors (Lipinski definition) is 0. The van der Waals surface area contributed by atoms with Gasteiger partial charge < -0.3 is 4.74 Å². The zero-order chi connectivity index (χ0) is 17.3. The highest BCUT2D eigenvalue weighted by atomic mass is 19.4. The summed E-state index contributed by atoms with van der Waals surface area (Å²) in [6, 6.07) is 8.83. The Labute approximate surface area is 140 Å². The van der Waals surface area contributed by atoms with Crippen LogP contribution in [0.3, 0.4) is 0 Å². The van der Waals surface area contributed by atoms with Gasteiger partial charge in [0.1, 0.15) is 11.8 Å². The third-order valence-electron chi connectivity index (χ3n) is 4.88. The van der Waals surface area contributed by atoms with Crippen molar-refractivity contribution in [3.8, 4) is 5.75 Å². The van der Waals surface area contributed by atoms with Gasteiger partial charge in [-0.05, 0) is 60.8 Å². The molecule has 130 valence electrons. The molecule has 0 amide bonds. The zero-order valence-corrected chi connectivity index (χ0v) is 13.9. The van der Waals surface area contributed by atoms with Gasteiger partial charge in [-0.1, -0.05) is 24.6 Å². The molecule has 0 saturated carbocycles. The maximum atomic E-state index is 13.8. The molecule has 1 aliphatic rings. The van der Waals surface area contributed by atoms with E-state index in [-0.39, 0.29) is 6.04 Å². The molecule has 24 heavy (non-hydrogen) atoms. The van der Waals surface area contributed by atoms with Gasteiger partial charge in [0.25, 0.3) is 0 Å². The lowest BCUT2D eigenvalue weighted by molar-refractivity contribution is -0.194. The van der Waals surface area contributed by atoms with Gasteiger partial charge in [-0.3, -0.25) is 4.90 Å². The monoisotopic (exact) mass is 337 g/mol. The molecule has 2 unspecified atom stereocenters. The van der Waals surface area contributed by atoms with E-state index in [1.165, 1.54) is 0 Å². The van der Waals surface area contributed by atoms with Crippen molar-refractivity contribution in [3.63, 3.8) is 0 Å². The van der Waals surface area contributed by atoms with Crippen molar-refractivity contribution in [1.29, 1.82) is 0 Å². The van der Waals surface area contributed by atoms with Crippen LogP contribution in [-0.2, 0) is 0 Å². The lowest BCUT2D eigenvalue weighted by atomic mass is 9.95. The third kappa shape index (κ3) is 3.36. The number of benzene rings is 2. The number of hydrogen-bond acceptors (Lipinski definition) is 2. The molecule has 5 heteroatoms. The predicted octanol–water partition coefficient (Wildman–Crippen LogP) is 5.33. The Balaban J connectivity index is 2.02. The number of halogens is 3. The van der Waals surface area contributed by atoms with Gasteiger partial charge in [0, 0.05) is 6.04 Å². The molecule has 1 saturated heterocycles. The van der Waals surface area contributed by atoms with E-state index in [2.05, 4.69) is 0 Å². The Morgan fingerprint density at radius 3 is 2.46 bits per heavy atom. The Bertz CT molecular complexity index is 713. The summed E-state index contributed by atoms with van der Waals surface area (Å²) < 4.78 is 46.6. The first-order valence-electron chi connectivity index (χ1n) is 8.30. The average molecular weight is 337 g/mol. The standard InChI is InChI=1S/C19H22F3NO/c1-13-5-3-4-10-23(13)18(19(20,21)22)16-7-6-15-12-17(24-2)9-8-14(15)11-16/h6-9,11-13,18H,3-5,10H2,1-2H3. The van der Waals surface area contributed by atoms with Crippen LogP contribution in [-0.4, -0.2) is 30.8 Å². The highest BCUT2D eigenvalue weighted by Gasteiger charge is 2.46. The summed E-state index contributed by atoms with van der Waals surface area (Å²) in [5, 5.41) is 1.68. The summed E-state index contributed by atoms with van der Waals surface area (Å²) in [4.78, 5) is 1.61. The summed E-state index contributed by atoms with van der Waals surface area (Å²) in [6.45, 7) is 2.38. The average Bonchev–Trinajstić information content (AvgIpc) is 2.55.